The van der Waals surface area contributed by atoms with Crippen molar-refractivity contribution in [1.82, 2.24) is 4.90 Å². The number of anilines is 1. The molecule has 1 aromatic rings. The van der Waals surface area contributed by atoms with Crippen molar-refractivity contribution in [3.8, 4) is 0 Å². The van der Waals surface area contributed by atoms with Crippen molar-refractivity contribution >= 4 is 29.1 Å². The molecule has 2 fully saturated rings. The second-order valence-electron chi connectivity index (χ2n) is 5.87. The van der Waals surface area contributed by atoms with E-state index in [0.717, 1.165) is 32.2 Å². The maximum absolute atomic E-state index is 12.4. The summed E-state index contributed by atoms with van der Waals surface area (Å²) in [5.41, 5.74) is 0.634. The summed E-state index contributed by atoms with van der Waals surface area (Å²) in [6.07, 6.45) is 3.72. The number of likely N-dealkylation sites (tertiary alicyclic amines) is 1. The minimum Gasteiger partial charge on any atom is -0.342 e. The van der Waals surface area contributed by atoms with Crippen LogP contribution in [0.5, 0.6) is 0 Å². The number of rotatable bonds is 3. The molecule has 5 heteroatoms. The van der Waals surface area contributed by atoms with Crippen LogP contribution in [0.3, 0.4) is 0 Å². The number of amides is 2. The summed E-state index contributed by atoms with van der Waals surface area (Å²) in [4.78, 5) is 26.3. The molecule has 0 unspecified atom stereocenters. The molecular weight excluding hydrogens is 288 g/mol. The van der Waals surface area contributed by atoms with Gasteiger partial charge in [0.1, 0.15) is 0 Å². The minimum absolute atomic E-state index is 0.0450. The van der Waals surface area contributed by atoms with Crippen LogP contribution in [0.15, 0.2) is 24.3 Å². The SMILES string of the molecule is O=C(Nc1ccccc1Cl)[C@H]1CCCN(C(=O)C2CC2)C1. The Kier molecular flexibility index (Phi) is 4.15. The number of halogens is 1. The predicted octanol–water partition coefficient (Wildman–Crippen LogP) is 2.93. The van der Waals surface area contributed by atoms with E-state index in [0.29, 0.717) is 17.3 Å². The molecular formula is C16H19ClN2O2. The van der Waals surface area contributed by atoms with Crippen molar-refractivity contribution in [1.29, 1.82) is 0 Å². The van der Waals surface area contributed by atoms with E-state index in [1.807, 2.05) is 17.0 Å². The first-order chi connectivity index (χ1) is 10.1. The van der Waals surface area contributed by atoms with Gasteiger partial charge in [0.15, 0.2) is 0 Å². The van der Waals surface area contributed by atoms with Crippen LogP contribution in [0.1, 0.15) is 25.7 Å². The first-order valence-electron chi connectivity index (χ1n) is 7.49. The Balaban J connectivity index is 1.61. The van der Waals surface area contributed by atoms with E-state index in [9.17, 15) is 9.59 Å². The average molecular weight is 307 g/mol. The molecule has 1 N–H and O–H groups in total. The summed E-state index contributed by atoms with van der Waals surface area (Å²) < 4.78 is 0. The first kappa shape index (κ1) is 14.4. The smallest absolute Gasteiger partial charge is 0.229 e. The molecule has 0 aromatic heterocycles. The number of piperidine rings is 1. The molecule has 2 aliphatic rings. The molecule has 112 valence electrons. The van der Waals surface area contributed by atoms with Crippen molar-refractivity contribution in [2.24, 2.45) is 11.8 Å². The van der Waals surface area contributed by atoms with Crippen LogP contribution in [0.25, 0.3) is 0 Å². The Morgan fingerprint density at radius 1 is 1.14 bits per heavy atom. The second-order valence-corrected chi connectivity index (χ2v) is 6.27. The highest BCUT2D eigenvalue weighted by Crippen LogP contribution is 2.32. The third kappa shape index (κ3) is 3.38. The summed E-state index contributed by atoms with van der Waals surface area (Å²) in [6, 6.07) is 7.21. The van der Waals surface area contributed by atoms with Crippen LogP contribution in [0, 0.1) is 11.8 Å². The third-order valence-electron chi connectivity index (χ3n) is 4.16. The van der Waals surface area contributed by atoms with Gasteiger partial charge in [0, 0.05) is 19.0 Å². The van der Waals surface area contributed by atoms with Crippen LogP contribution in [-0.4, -0.2) is 29.8 Å². The highest BCUT2D eigenvalue weighted by molar-refractivity contribution is 6.33. The van der Waals surface area contributed by atoms with Gasteiger partial charge in [-0.3, -0.25) is 9.59 Å². The fourth-order valence-corrected chi connectivity index (χ4v) is 2.96. The Morgan fingerprint density at radius 2 is 1.90 bits per heavy atom. The standard InChI is InChI=1S/C16H19ClN2O2/c17-13-5-1-2-6-14(13)18-15(20)12-4-3-9-19(10-12)16(21)11-7-8-11/h1-2,5-6,11-12H,3-4,7-10H2,(H,18,20)/t12-/m0/s1. The summed E-state index contributed by atoms with van der Waals surface area (Å²) >= 11 is 6.06. The van der Waals surface area contributed by atoms with Gasteiger partial charge < -0.3 is 10.2 Å². The van der Waals surface area contributed by atoms with E-state index in [1.54, 1.807) is 12.1 Å². The molecule has 0 spiro atoms. The average Bonchev–Trinajstić information content (AvgIpc) is 3.34. The molecule has 1 aliphatic heterocycles. The van der Waals surface area contributed by atoms with Crippen molar-refractivity contribution in [2.45, 2.75) is 25.7 Å². The molecule has 0 radical (unpaired) electrons. The van der Waals surface area contributed by atoms with E-state index in [2.05, 4.69) is 5.32 Å². The van der Waals surface area contributed by atoms with Gasteiger partial charge in [-0.1, -0.05) is 23.7 Å². The molecule has 1 saturated carbocycles. The molecule has 1 heterocycles. The van der Waals surface area contributed by atoms with E-state index in [-0.39, 0.29) is 23.7 Å². The molecule has 3 rings (SSSR count). The zero-order valence-corrected chi connectivity index (χ0v) is 12.6. The lowest BCUT2D eigenvalue weighted by Gasteiger charge is -2.32. The van der Waals surface area contributed by atoms with Gasteiger partial charge in [0.2, 0.25) is 11.8 Å². The molecule has 0 bridgehead atoms. The summed E-state index contributed by atoms with van der Waals surface area (Å²) in [7, 11) is 0. The molecule has 2 amide bonds. The summed E-state index contributed by atoms with van der Waals surface area (Å²) in [5.74, 6) is 0.259. The maximum atomic E-state index is 12.4. The quantitative estimate of drug-likeness (QED) is 0.933. The number of carbonyl (C=O) groups is 2. The Morgan fingerprint density at radius 3 is 2.62 bits per heavy atom. The van der Waals surface area contributed by atoms with Crippen molar-refractivity contribution in [2.75, 3.05) is 18.4 Å². The number of hydrogen-bond acceptors (Lipinski definition) is 2. The van der Waals surface area contributed by atoms with Crippen LogP contribution in [-0.2, 0) is 9.59 Å². The van der Waals surface area contributed by atoms with Crippen LogP contribution >= 0.6 is 11.6 Å². The van der Waals surface area contributed by atoms with Gasteiger partial charge in [-0.15, -0.1) is 0 Å². The second kappa shape index (κ2) is 6.06. The van der Waals surface area contributed by atoms with E-state index < -0.39 is 0 Å². The molecule has 4 nitrogen and oxygen atoms in total. The van der Waals surface area contributed by atoms with Crippen LogP contribution in [0.2, 0.25) is 5.02 Å². The van der Waals surface area contributed by atoms with Gasteiger partial charge in [0.05, 0.1) is 16.6 Å². The third-order valence-corrected chi connectivity index (χ3v) is 4.49. The maximum Gasteiger partial charge on any atom is 0.229 e. The monoisotopic (exact) mass is 306 g/mol. The topological polar surface area (TPSA) is 49.4 Å². The number of nitrogens with zero attached hydrogens (tertiary/aromatic N) is 1. The van der Waals surface area contributed by atoms with Gasteiger partial charge >= 0.3 is 0 Å². The number of hydrogen-bond donors (Lipinski definition) is 1. The normalized spacial score (nSPS) is 22.0. The van der Waals surface area contributed by atoms with Crippen LogP contribution in [0.4, 0.5) is 5.69 Å². The summed E-state index contributed by atoms with van der Waals surface area (Å²) in [5, 5.41) is 3.41. The fraction of sp³-hybridized carbons (Fsp3) is 0.500. The lowest BCUT2D eigenvalue weighted by Crippen LogP contribution is -2.44. The number of para-hydroxylation sites is 1. The highest BCUT2D eigenvalue weighted by atomic mass is 35.5. The molecule has 1 aliphatic carbocycles. The molecule has 1 saturated heterocycles. The fourth-order valence-electron chi connectivity index (χ4n) is 2.78. The first-order valence-corrected chi connectivity index (χ1v) is 7.87. The van der Waals surface area contributed by atoms with E-state index >= 15 is 0 Å². The molecule has 1 atom stereocenters. The Labute approximate surface area is 129 Å². The zero-order valence-electron chi connectivity index (χ0n) is 11.8. The Hall–Kier alpha value is -1.55. The largest absolute Gasteiger partial charge is 0.342 e. The number of nitrogens with one attached hydrogen (secondary N) is 1. The lowest BCUT2D eigenvalue weighted by atomic mass is 9.96. The van der Waals surface area contributed by atoms with Gasteiger partial charge in [-0.2, -0.15) is 0 Å². The Bertz CT molecular complexity index is 557. The highest BCUT2D eigenvalue weighted by Gasteiger charge is 2.36. The summed E-state index contributed by atoms with van der Waals surface area (Å²) in [6.45, 7) is 1.32. The van der Waals surface area contributed by atoms with Crippen molar-refractivity contribution in [3.05, 3.63) is 29.3 Å². The van der Waals surface area contributed by atoms with Gasteiger partial charge in [-0.05, 0) is 37.8 Å². The number of carbonyl (C=O) groups excluding carboxylic acids is 2. The van der Waals surface area contributed by atoms with Gasteiger partial charge in [-0.25, -0.2) is 0 Å². The van der Waals surface area contributed by atoms with E-state index in [4.69, 9.17) is 11.6 Å². The van der Waals surface area contributed by atoms with Crippen molar-refractivity contribution in [3.63, 3.8) is 0 Å². The molecule has 1 aromatic carbocycles. The van der Waals surface area contributed by atoms with Gasteiger partial charge in [0.25, 0.3) is 0 Å². The number of benzene rings is 1. The predicted molar refractivity (Wildman–Crippen MR) is 82.1 cm³/mol. The lowest BCUT2D eigenvalue weighted by molar-refractivity contribution is -0.135. The van der Waals surface area contributed by atoms with Crippen molar-refractivity contribution < 1.29 is 9.59 Å². The molecule has 21 heavy (non-hydrogen) atoms. The van der Waals surface area contributed by atoms with Crippen LogP contribution < -0.4 is 5.32 Å². The minimum atomic E-state index is -0.141. The zero-order chi connectivity index (χ0) is 14.8. The van der Waals surface area contributed by atoms with E-state index in [1.165, 1.54) is 0 Å².